The Balaban J connectivity index is 1.84. The number of aliphatic carboxylic acids is 1. The summed E-state index contributed by atoms with van der Waals surface area (Å²) < 4.78 is 14.3. The molecule has 25 heavy (non-hydrogen) atoms. The van der Waals surface area contributed by atoms with E-state index in [2.05, 4.69) is 15.3 Å². The van der Waals surface area contributed by atoms with Crippen molar-refractivity contribution in [2.24, 2.45) is 5.92 Å². The van der Waals surface area contributed by atoms with Crippen molar-refractivity contribution in [2.45, 2.75) is 25.0 Å². The van der Waals surface area contributed by atoms with Crippen LogP contribution < -0.4 is 5.32 Å². The third kappa shape index (κ3) is 3.39. The fraction of sp³-hybridized carbons (Fsp3) is 0.353. The Labute approximate surface area is 143 Å². The van der Waals surface area contributed by atoms with Crippen molar-refractivity contribution in [1.82, 2.24) is 20.2 Å². The first-order valence-corrected chi connectivity index (χ1v) is 7.94. The van der Waals surface area contributed by atoms with Gasteiger partial charge in [0.15, 0.2) is 0 Å². The first-order valence-electron chi connectivity index (χ1n) is 7.94. The third-order valence-electron chi connectivity index (χ3n) is 4.62. The van der Waals surface area contributed by atoms with Crippen LogP contribution in [0.3, 0.4) is 0 Å². The number of carboxylic acid groups (broad SMARTS) is 1. The molecule has 1 fully saturated rings. The van der Waals surface area contributed by atoms with Crippen molar-refractivity contribution in [1.29, 1.82) is 0 Å². The highest BCUT2D eigenvalue weighted by Gasteiger charge is 2.47. The largest absolute Gasteiger partial charge is 0.480 e. The van der Waals surface area contributed by atoms with Gasteiger partial charge in [0.05, 0.1) is 12.5 Å². The molecule has 0 spiro atoms. The van der Waals surface area contributed by atoms with Crippen molar-refractivity contribution in [2.75, 3.05) is 7.05 Å². The minimum Gasteiger partial charge on any atom is -0.480 e. The molecule has 1 aliphatic heterocycles. The summed E-state index contributed by atoms with van der Waals surface area (Å²) in [5, 5.41) is 12.2. The Kier molecular flexibility index (Phi) is 4.80. The predicted octanol–water partition coefficient (Wildman–Crippen LogP) is 1.31. The van der Waals surface area contributed by atoms with Crippen LogP contribution in [-0.4, -0.2) is 44.9 Å². The third-order valence-corrected chi connectivity index (χ3v) is 4.62. The highest BCUT2D eigenvalue weighted by atomic mass is 19.1. The monoisotopic (exact) mass is 346 g/mol. The minimum atomic E-state index is -1.02. The number of carboxylic acids is 1. The van der Waals surface area contributed by atoms with Gasteiger partial charge in [0.25, 0.3) is 0 Å². The molecule has 7 nitrogen and oxygen atoms in total. The Bertz CT molecular complexity index is 765. The summed E-state index contributed by atoms with van der Waals surface area (Å²) in [6.45, 7) is 0.202. The average Bonchev–Trinajstić information content (AvgIpc) is 3.21. The highest BCUT2D eigenvalue weighted by Crippen LogP contribution is 2.41. The Morgan fingerprint density at radius 3 is 2.84 bits per heavy atom. The van der Waals surface area contributed by atoms with E-state index >= 15 is 0 Å². The first-order chi connectivity index (χ1) is 12.0. The molecule has 1 aromatic carbocycles. The molecule has 132 valence electrons. The van der Waals surface area contributed by atoms with E-state index in [1.807, 2.05) is 0 Å². The number of halogens is 1. The van der Waals surface area contributed by atoms with E-state index in [-0.39, 0.29) is 18.9 Å². The number of hydrogen-bond acceptors (Lipinski definition) is 4. The lowest BCUT2D eigenvalue weighted by Gasteiger charge is -2.26. The van der Waals surface area contributed by atoms with E-state index in [9.17, 15) is 19.1 Å². The molecule has 3 atom stereocenters. The van der Waals surface area contributed by atoms with Gasteiger partial charge in [0.1, 0.15) is 17.7 Å². The number of aromatic amines is 1. The van der Waals surface area contributed by atoms with Crippen LogP contribution in [0.2, 0.25) is 0 Å². The number of rotatable bonds is 5. The van der Waals surface area contributed by atoms with E-state index in [4.69, 9.17) is 0 Å². The summed E-state index contributed by atoms with van der Waals surface area (Å²) in [4.78, 5) is 32.6. The number of nitrogens with one attached hydrogen (secondary N) is 2. The molecule has 8 heteroatoms. The fourth-order valence-corrected chi connectivity index (χ4v) is 3.39. The minimum absolute atomic E-state index is 0.120. The zero-order valence-electron chi connectivity index (χ0n) is 13.6. The number of aromatic nitrogens is 2. The molecule has 3 rings (SSSR count). The molecule has 1 amide bonds. The standard InChI is InChI=1S/C17H19FN4O3/c1-22-13(17(24)25)8-11(15(22)10-4-2-3-5-12(10)18)16(23)21-9-14-19-6-7-20-14/h2-7,11,13,15H,8-9H2,1H3,(H,19,20)(H,21,23)(H,24,25)/t11-,13-,15-/m0/s1. The van der Waals surface area contributed by atoms with Gasteiger partial charge < -0.3 is 15.4 Å². The van der Waals surface area contributed by atoms with Gasteiger partial charge in [-0.2, -0.15) is 0 Å². The highest BCUT2D eigenvalue weighted by molar-refractivity contribution is 5.83. The van der Waals surface area contributed by atoms with Gasteiger partial charge in [-0.25, -0.2) is 9.37 Å². The Morgan fingerprint density at radius 2 is 2.20 bits per heavy atom. The maximum atomic E-state index is 14.3. The van der Waals surface area contributed by atoms with Crippen LogP contribution in [-0.2, 0) is 16.1 Å². The molecule has 0 bridgehead atoms. The zero-order valence-corrected chi connectivity index (χ0v) is 13.6. The first kappa shape index (κ1) is 17.1. The zero-order chi connectivity index (χ0) is 18.0. The summed E-state index contributed by atoms with van der Waals surface area (Å²) >= 11 is 0. The van der Waals surface area contributed by atoms with Crippen molar-refractivity contribution in [3.05, 3.63) is 53.9 Å². The summed E-state index contributed by atoms with van der Waals surface area (Å²) in [5.74, 6) is -1.87. The molecule has 3 N–H and O–H groups in total. The topological polar surface area (TPSA) is 98.3 Å². The van der Waals surface area contributed by atoms with Crippen molar-refractivity contribution in [3.8, 4) is 0 Å². The van der Waals surface area contributed by atoms with E-state index in [1.165, 1.54) is 6.07 Å². The number of H-pyrrole nitrogens is 1. The molecule has 1 saturated heterocycles. The Morgan fingerprint density at radius 1 is 1.44 bits per heavy atom. The summed E-state index contributed by atoms with van der Waals surface area (Å²) in [6, 6.07) is 4.66. The van der Waals surface area contributed by atoms with Crippen LogP contribution in [0, 0.1) is 11.7 Å². The second-order valence-electron chi connectivity index (χ2n) is 6.08. The number of likely N-dealkylation sites (tertiary alicyclic amines) is 1. The number of nitrogens with zero attached hydrogens (tertiary/aromatic N) is 2. The number of hydrogen-bond donors (Lipinski definition) is 3. The van der Waals surface area contributed by atoms with Gasteiger partial charge in [0, 0.05) is 24.0 Å². The molecule has 0 unspecified atom stereocenters. The van der Waals surface area contributed by atoms with E-state index in [0.29, 0.717) is 11.4 Å². The number of likely N-dealkylation sites (N-methyl/N-ethyl adjacent to an activating group) is 1. The van der Waals surface area contributed by atoms with Gasteiger partial charge in [-0.1, -0.05) is 18.2 Å². The van der Waals surface area contributed by atoms with Gasteiger partial charge in [-0.15, -0.1) is 0 Å². The summed E-state index contributed by atoms with van der Waals surface area (Å²) in [6.07, 6.45) is 3.34. The molecular weight excluding hydrogens is 327 g/mol. The molecule has 1 aliphatic rings. The molecule has 0 radical (unpaired) electrons. The number of imidazole rings is 1. The average molecular weight is 346 g/mol. The second kappa shape index (κ2) is 7.02. The number of benzene rings is 1. The second-order valence-corrected chi connectivity index (χ2v) is 6.08. The van der Waals surface area contributed by atoms with Crippen LogP contribution in [0.15, 0.2) is 36.7 Å². The maximum absolute atomic E-state index is 14.3. The van der Waals surface area contributed by atoms with Crippen molar-refractivity contribution >= 4 is 11.9 Å². The molecule has 0 saturated carbocycles. The van der Waals surface area contributed by atoms with Gasteiger partial charge >= 0.3 is 5.97 Å². The SMILES string of the molecule is CN1[C@H](C(=O)O)C[C@H](C(=O)NCc2ncc[nH]2)[C@@H]1c1ccccc1F. The predicted molar refractivity (Wildman–Crippen MR) is 86.9 cm³/mol. The molecule has 2 aromatic rings. The molecular formula is C17H19FN4O3. The van der Waals surface area contributed by atoms with Gasteiger partial charge in [0.2, 0.25) is 5.91 Å². The number of carbonyl (C=O) groups excluding carboxylic acids is 1. The summed E-state index contributed by atoms with van der Waals surface area (Å²) in [7, 11) is 1.61. The van der Waals surface area contributed by atoms with E-state index in [0.717, 1.165) is 0 Å². The van der Waals surface area contributed by atoms with Crippen molar-refractivity contribution in [3.63, 3.8) is 0 Å². The molecule has 0 aliphatic carbocycles. The Hall–Kier alpha value is -2.74. The van der Waals surface area contributed by atoms with Gasteiger partial charge in [-0.3, -0.25) is 14.5 Å². The number of carbonyl (C=O) groups is 2. The van der Waals surface area contributed by atoms with Crippen LogP contribution in [0.5, 0.6) is 0 Å². The maximum Gasteiger partial charge on any atom is 0.320 e. The van der Waals surface area contributed by atoms with Gasteiger partial charge in [-0.05, 0) is 19.5 Å². The number of amides is 1. The van der Waals surface area contributed by atoms with E-state index in [1.54, 1.807) is 42.5 Å². The normalized spacial score (nSPS) is 23.5. The molecule has 2 heterocycles. The van der Waals surface area contributed by atoms with E-state index < -0.39 is 29.8 Å². The molecule has 1 aromatic heterocycles. The smallest absolute Gasteiger partial charge is 0.320 e. The van der Waals surface area contributed by atoms with Crippen molar-refractivity contribution < 1.29 is 19.1 Å². The van der Waals surface area contributed by atoms with Crippen LogP contribution in [0.25, 0.3) is 0 Å². The lowest BCUT2D eigenvalue weighted by Crippen LogP contribution is -2.36. The van der Waals surface area contributed by atoms with Crippen LogP contribution >= 0.6 is 0 Å². The lowest BCUT2D eigenvalue weighted by atomic mass is 9.92. The van der Waals surface area contributed by atoms with Crippen LogP contribution in [0.1, 0.15) is 23.9 Å². The quantitative estimate of drug-likeness (QED) is 0.758. The fourth-order valence-electron chi connectivity index (χ4n) is 3.39. The summed E-state index contributed by atoms with van der Waals surface area (Å²) in [5.41, 5.74) is 0.326. The lowest BCUT2D eigenvalue weighted by molar-refractivity contribution is -0.142. The van der Waals surface area contributed by atoms with Crippen LogP contribution in [0.4, 0.5) is 4.39 Å².